The van der Waals surface area contributed by atoms with Gasteiger partial charge in [-0.3, -0.25) is 4.68 Å². The molecule has 2 fully saturated rings. The zero-order valence-corrected chi connectivity index (χ0v) is 21.5. The summed E-state index contributed by atoms with van der Waals surface area (Å²) in [5.41, 5.74) is -0.0954. The summed E-state index contributed by atoms with van der Waals surface area (Å²) in [5.74, 6) is 0.599. The van der Waals surface area contributed by atoms with Crippen LogP contribution in [0.1, 0.15) is 81.6 Å². The molecule has 0 radical (unpaired) electrons. The number of aromatic nitrogens is 2. The van der Waals surface area contributed by atoms with Crippen molar-refractivity contribution >= 4 is 18.7 Å². The number of carbonyl (C=O) groups is 1. The second-order valence-electron chi connectivity index (χ2n) is 12.3. The van der Waals surface area contributed by atoms with Gasteiger partial charge in [0.1, 0.15) is 5.60 Å². The maximum absolute atomic E-state index is 12.3. The monoisotopic (exact) mass is 447 g/mol. The highest BCUT2D eigenvalue weighted by molar-refractivity contribution is 6.61. The summed E-state index contributed by atoms with van der Waals surface area (Å²) in [6, 6.07) is 0. The van der Waals surface area contributed by atoms with Gasteiger partial charge in [0.25, 0.3) is 0 Å². The first kappa shape index (κ1) is 25.1. The summed E-state index contributed by atoms with van der Waals surface area (Å²) in [5, 5.41) is 4.59. The lowest BCUT2D eigenvalue weighted by Crippen LogP contribution is -2.42. The van der Waals surface area contributed by atoms with Crippen molar-refractivity contribution in [2.24, 2.45) is 11.3 Å². The van der Waals surface area contributed by atoms with E-state index >= 15 is 0 Å². The van der Waals surface area contributed by atoms with Gasteiger partial charge in [-0.05, 0) is 79.1 Å². The Hall–Kier alpha value is -1.54. The van der Waals surface area contributed by atoms with Crippen LogP contribution < -0.4 is 5.46 Å². The van der Waals surface area contributed by atoms with E-state index in [0.29, 0.717) is 5.92 Å². The Balaban J connectivity index is 1.51. The predicted octanol–water partition coefficient (Wildman–Crippen LogP) is 4.25. The first-order chi connectivity index (χ1) is 14.6. The molecule has 0 aliphatic carbocycles. The molecule has 0 aromatic carbocycles. The van der Waals surface area contributed by atoms with E-state index in [1.54, 1.807) is 0 Å². The number of hydrogen-bond acceptors (Lipinski definition) is 5. The maximum Gasteiger partial charge on any atom is 0.498 e. The van der Waals surface area contributed by atoms with E-state index in [4.69, 9.17) is 14.0 Å². The fraction of sp³-hybridized carbons (Fsp3) is 0.833. The molecule has 0 bridgehead atoms. The lowest BCUT2D eigenvalue weighted by Gasteiger charge is -2.36. The highest BCUT2D eigenvalue weighted by Gasteiger charge is 2.52. The quantitative estimate of drug-likeness (QED) is 0.632. The van der Waals surface area contributed by atoms with Gasteiger partial charge in [0.2, 0.25) is 0 Å². The number of amides is 1. The molecule has 3 heterocycles. The van der Waals surface area contributed by atoms with Crippen molar-refractivity contribution in [3.8, 4) is 0 Å². The second-order valence-corrected chi connectivity index (χ2v) is 12.3. The van der Waals surface area contributed by atoms with E-state index in [2.05, 4.69) is 52.8 Å². The first-order valence-corrected chi connectivity index (χ1v) is 11.9. The van der Waals surface area contributed by atoms with Crippen molar-refractivity contribution in [3.63, 3.8) is 0 Å². The largest absolute Gasteiger partial charge is 0.498 e. The van der Waals surface area contributed by atoms with Crippen LogP contribution in [0.3, 0.4) is 0 Å². The van der Waals surface area contributed by atoms with Gasteiger partial charge in [-0.15, -0.1) is 0 Å². The molecule has 180 valence electrons. The molecule has 2 aliphatic rings. The van der Waals surface area contributed by atoms with Gasteiger partial charge in [-0.2, -0.15) is 5.10 Å². The molecule has 1 aromatic rings. The number of hydrogen-bond donors (Lipinski definition) is 0. The van der Waals surface area contributed by atoms with Crippen LogP contribution in [-0.2, 0) is 20.6 Å². The third-order valence-corrected chi connectivity index (χ3v) is 6.88. The Morgan fingerprint density at radius 3 is 2.22 bits per heavy atom. The standard InChI is InChI=1S/C24H42BN3O4/c1-21(2,3)30-20(29)27-12-10-18(11-13-27)14-22(4,5)17-28-16-19(15-26-28)25-31-23(6,7)24(8,9)32-25/h15-16,18H,10-14,17H2,1-9H3. The van der Waals surface area contributed by atoms with Crippen LogP contribution in [-0.4, -0.2) is 57.8 Å². The number of rotatable bonds is 5. The average Bonchev–Trinajstić information content (AvgIpc) is 3.15. The van der Waals surface area contributed by atoms with Crippen molar-refractivity contribution < 1.29 is 18.8 Å². The Morgan fingerprint density at radius 1 is 1.12 bits per heavy atom. The van der Waals surface area contributed by atoms with E-state index in [1.165, 1.54) is 0 Å². The molecule has 1 aromatic heterocycles. The molecule has 7 nitrogen and oxygen atoms in total. The summed E-state index contributed by atoms with van der Waals surface area (Å²) < 4.78 is 19.8. The minimum Gasteiger partial charge on any atom is -0.444 e. The van der Waals surface area contributed by atoms with Crippen LogP contribution in [0.2, 0.25) is 0 Å². The van der Waals surface area contributed by atoms with Crippen LogP contribution in [0.25, 0.3) is 0 Å². The van der Waals surface area contributed by atoms with Crippen LogP contribution >= 0.6 is 0 Å². The smallest absolute Gasteiger partial charge is 0.444 e. The Labute approximate surface area is 194 Å². The fourth-order valence-electron chi connectivity index (χ4n) is 4.50. The molecule has 0 N–H and O–H groups in total. The highest BCUT2D eigenvalue weighted by atomic mass is 16.7. The Morgan fingerprint density at radius 2 is 1.69 bits per heavy atom. The van der Waals surface area contributed by atoms with Gasteiger partial charge in [-0.1, -0.05) is 13.8 Å². The molecular formula is C24H42BN3O4. The van der Waals surface area contributed by atoms with Gasteiger partial charge in [-0.25, -0.2) is 4.79 Å². The third kappa shape index (κ3) is 6.07. The lowest BCUT2D eigenvalue weighted by atomic mass is 9.78. The van der Waals surface area contributed by atoms with E-state index in [-0.39, 0.29) is 29.8 Å². The molecule has 3 rings (SSSR count). The number of piperidine rings is 1. The van der Waals surface area contributed by atoms with Crippen LogP contribution in [0.4, 0.5) is 4.79 Å². The first-order valence-electron chi connectivity index (χ1n) is 11.9. The summed E-state index contributed by atoms with van der Waals surface area (Å²) in [6.45, 7) is 20.9. The van der Waals surface area contributed by atoms with Crippen molar-refractivity contribution in [1.82, 2.24) is 14.7 Å². The van der Waals surface area contributed by atoms with E-state index in [1.807, 2.05) is 36.5 Å². The molecule has 32 heavy (non-hydrogen) atoms. The zero-order chi connectivity index (χ0) is 23.9. The normalized spacial score (nSPS) is 21.8. The number of ether oxygens (including phenoxy) is 1. The molecule has 0 atom stereocenters. The summed E-state index contributed by atoms with van der Waals surface area (Å²) in [4.78, 5) is 14.2. The van der Waals surface area contributed by atoms with Crippen molar-refractivity contribution in [1.29, 1.82) is 0 Å². The molecule has 8 heteroatoms. The fourth-order valence-corrected chi connectivity index (χ4v) is 4.50. The van der Waals surface area contributed by atoms with Gasteiger partial charge in [0.15, 0.2) is 0 Å². The minimum absolute atomic E-state index is 0.0952. The van der Waals surface area contributed by atoms with Crippen molar-refractivity contribution in [2.75, 3.05) is 13.1 Å². The van der Waals surface area contributed by atoms with E-state index < -0.39 is 5.60 Å². The zero-order valence-electron chi connectivity index (χ0n) is 21.5. The van der Waals surface area contributed by atoms with Gasteiger partial charge in [0, 0.05) is 37.5 Å². The molecule has 0 unspecified atom stereocenters. The number of carbonyl (C=O) groups excluding carboxylic acids is 1. The Kier molecular flexibility index (Phi) is 6.80. The van der Waals surface area contributed by atoms with Crippen LogP contribution in [0.5, 0.6) is 0 Å². The minimum atomic E-state index is -0.446. The maximum atomic E-state index is 12.3. The van der Waals surface area contributed by atoms with Gasteiger partial charge in [0.05, 0.1) is 11.2 Å². The summed E-state index contributed by atoms with van der Waals surface area (Å²) in [7, 11) is -0.381. The lowest BCUT2D eigenvalue weighted by molar-refractivity contribution is 0.00578. The highest BCUT2D eigenvalue weighted by Crippen LogP contribution is 2.37. The second kappa shape index (κ2) is 8.67. The van der Waals surface area contributed by atoms with Gasteiger partial charge < -0.3 is 18.9 Å². The molecule has 1 amide bonds. The van der Waals surface area contributed by atoms with Crippen LogP contribution in [0.15, 0.2) is 12.4 Å². The van der Waals surface area contributed by atoms with E-state index in [9.17, 15) is 4.79 Å². The number of likely N-dealkylation sites (tertiary alicyclic amines) is 1. The molecule has 2 saturated heterocycles. The third-order valence-electron chi connectivity index (χ3n) is 6.88. The van der Waals surface area contributed by atoms with Crippen molar-refractivity contribution in [3.05, 3.63) is 12.4 Å². The van der Waals surface area contributed by atoms with E-state index in [0.717, 1.165) is 44.4 Å². The molecule has 2 aliphatic heterocycles. The SMILES string of the molecule is CC(C)(CC1CCN(C(=O)OC(C)(C)C)CC1)Cn1cc(B2OC(C)(C)C(C)(C)O2)cn1. The average molecular weight is 447 g/mol. The Bertz CT molecular complexity index is 788. The number of nitrogens with zero attached hydrogens (tertiary/aromatic N) is 3. The van der Waals surface area contributed by atoms with Crippen LogP contribution in [0, 0.1) is 11.3 Å². The molecular weight excluding hydrogens is 405 g/mol. The molecule has 0 spiro atoms. The summed E-state index contributed by atoms with van der Waals surface area (Å²) in [6.07, 6.45) is 6.84. The van der Waals surface area contributed by atoms with Gasteiger partial charge >= 0.3 is 13.2 Å². The summed E-state index contributed by atoms with van der Waals surface area (Å²) >= 11 is 0. The van der Waals surface area contributed by atoms with Crippen molar-refractivity contribution in [2.45, 2.75) is 105 Å². The predicted molar refractivity (Wildman–Crippen MR) is 127 cm³/mol. The topological polar surface area (TPSA) is 65.8 Å². The molecule has 0 saturated carbocycles.